The second-order valence-electron chi connectivity index (χ2n) is 6.20. The standard InChI is InChI=1S/C16H26N2/c1-6-18-15-7-11(2)13(10-17)8-14(15)12(3)9-16(18,4)5/h7-8,12H,6,9-10,17H2,1-5H3. The number of nitrogens with zero attached hydrogens (tertiary/aromatic N) is 1. The SMILES string of the molecule is CCN1c2cc(C)c(CN)cc2C(C)CC1(C)C. The first kappa shape index (κ1) is 13.4. The van der Waals surface area contributed by atoms with E-state index in [2.05, 4.69) is 51.7 Å². The van der Waals surface area contributed by atoms with E-state index in [1.165, 1.54) is 28.8 Å². The fraction of sp³-hybridized carbons (Fsp3) is 0.625. The molecule has 2 heteroatoms. The molecule has 0 aromatic heterocycles. The van der Waals surface area contributed by atoms with Crippen LogP contribution in [0.15, 0.2) is 12.1 Å². The molecule has 1 aliphatic rings. The Bertz CT molecular complexity index is 449. The fourth-order valence-electron chi connectivity index (χ4n) is 3.50. The zero-order valence-electron chi connectivity index (χ0n) is 12.4. The van der Waals surface area contributed by atoms with Crippen LogP contribution in [0.25, 0.3) is 0 Å². The van der Waals surface area contributed by atoms with Gasteiger partial charge in [-0.05, 0) is 62.8 Å². The second-order valence-corrected chi connectivity index (χ2v) is 6.20. The second kappa shape index (κ2) is 4.58. The van der Waals surface area contributed by atoms with E-state index in [0.717, 1.165) is 6.54 Å². The third kappa shape index (κ3) is 2.03. The maximum Gasteiger partial charge on any atom is 0.0408 e. The lowest BCUT2D eigenvalue weighted by Gasteiger charge is -2.47. The topological polar surface area (TPSA) is 29.3 Å². The van der Waals surface area contributed by atoms with Crippen molar-refractivity contribution in [2.75, 3.05) is 11.4 Å². The number of hydrogen-bond donors (Lipinski definition) is 1. The molecule has 0 spiro atoms. The third-order valence-electron chi connectivity index (χ3n) is 4.38. The van der Waals surface area contributed by atoms with Crippen LogP contribution >= 0.6 is 0 Å². The molecule has 1 aromatic carbocycles. The van der Waals surface area contributed by atoms with E-state index in [-0.39, 0.29) is 5.54 Å². The monoisotopic (exact) mass is 246 g/mol. The molecule has 0 bridgehead atoms. The van der Waals surface area contributed by atoms with Crippen LogP contribution < -0.4 is 10.6 Å². The lowest BCUT2D eigenvalue weighted by Crippen LogP contribution is -2.48. The number of rotatable bonds is 2. The molecule has 0 aliphatic carbocycles. The number of hydrogen-bond acceptors (Lipinski definition) is 2. The van der Waals surface area contributed by atoms with Gasteiger partial charge in [0.05, 0.1) is 0 Å². The minimum atomic E-state index is 0.248. The van der Waals surface area contributed by atoms with E-state index in [1.807, 2.05) is 0 Å². The summed E-state index contributed by atoms with van der Waals surface area (Å²) >= 11 is 0. The summed E-state index contributed by atoms with van der Waals surface area (Å²) in [6.45, 7) is 13.2. The van der Waals surface area contributed by atoms with Crippen molar-refractivity contribution < 1.29 is 0 Å². The molecule has 0 amide bonds. The molecule has 1 aliphatic heterocycles. The number of anilines is 1. The van der Waals surface area contributed by atoms with Crippen LogP contribution in [-0.2, 0) is 6.54 Å². The zero-order valence-corrected chi connectivity index (χ0v) is 12.4. The molecule has 1 aromatic rings. The Morgan fingerprint density at radius 1 is 1.39 bits per heavy atom. The van der Waals surface area contributed by atoms with Crippen LogP contribution in [0.1, 0.15) is 56.7 Å². The molecule has 2 nitrogen and oxygen atoms in total. The predicted octanol–water partition coefficient (Wildman–Crippen LogP) is 3.57. The lowest BCUT2D eigenvalue weighted by molar-refractivity contribution is 0.381. The average Bonchev–Trinajstić information content (AvgIpc) is 2.27. The van der Waals surface area contributed by atoms with E-state index in [0.29, 0.717) is 12.5 Å². The van der Waals surface area contributed by atoms with E-state index >= 15 is 0 Å². The van der Waals surface area contributed by atoms with Crippen LogP contribution in [0.4, 0.5) is 5.69 Å². The van der Waals surface area contributed by atoms with Crippen LogP contribution in [0.5, 0.6) is 0 Å². The number of benzene rings is 1. The molecule has 2 N–H and O–H groups in total. The number of nitrogens with two attached hydrogens (primary N) is 1. The molecule has 0 saturated heterocycles. The highest BCUT2D eigenvalue weighted by atomic mass is 15.2. The summed E-state index contributed by atoms with van der Waals surface area (Å²) in [6, 6.07) is 4.66. The Labute approximate surface area is 111 Å². The maximum atomic E-state index is 5.84. The molecule has 1 heterocycles. The first-order chi connectivity index (χ1) is 8.40. The summed E-state index contributed by atoms with van der Waals surface area (Å²) in [4.78, 5) is 2.54. The van der Waals surface area contributed by atoms with Crippen molar-refractivity contribution >= 4 is 5.69 Å². The average molecular weight is 246 g/mol. The summed E-state index contributed by atoms with van der Waals surface area (Å²) in [5.74, 6) is 0.615. The molecule has 0 saturated carbocycles. The Balaban J connectivity index is 2.59. The van der Waals surface area contributed by atoms with Crippen molar-refractivity contribution in [1.82, 2.24) is 0 Å². The fourth-order valence-corrected chi connectivity index (χ4v) is 3.50. The van der Waals surface area contributed by atoms with Gasteiger partial charge in [-0.15, -0.1) is 0 Å². The van der Waals surface area contributed by atoms with Gasteiger partial charge in [0.2, 0.25) is 0 Å². The Morgan fingerprint density at radius 3 is 2.61 bits per heavy atom. The van der Waals surface area contributed by atoms with Gasteiger partial charge < -0.3 is 10.6 Å². The lowest BCUT2D eigenvalue weighted by atomic mass is 9.79. The van der Waals surface area contributed by atoms with Crippen LogP contribution in [0.3, 0.4) is 0 Å². The summed E-state index contributed by atoms with van der Waals surface area (Å²) in [5, 5.41) is 0. The van der Waals surface area contributed by atoms with Crippen molar-refractivity contribution in [2.24, 2.45) is 5.73 Å². The molecular formula is C16H26N2. The Kier molecular flexibility index (Phi) is 3.41. The summed E-state index contributed by atoms with van der Waals surface area (Å²) in [7, 11) is 0. The molecule has 100 valence electrons. The smallest absolute Gasteiger partial charge is 0.0408 e. The highest BCUT2D eigenvalue weighted by Gasteiger charge is 2.35. The van der Waals surface area contributed by atoms with Crippen molar-refractivity contribution in [1.29, 1.82) is 0 Å². The normalized spacial score (nSPS) is 21.9. The van der Waals surface area contributed by atoms with Gasteiger partial charge in [-0.2, -0.15) is 0 Å². The molecule has 1 atom stereocenters. The molecule has 0 radical (unpaired) electrons. The highest BCUT2D eigenvalue weighted by molar-refractivity contribution is 5.62. The highest BCUT2D eigenvalue weighted by Crippen LogP contribution is 2.44. The molecule has 18 heavy (non-hydrogen) atoms. The van der Waals surface area contributed by atoms with Gasteiger partial charge in [-0.25, -0.2) is 0 Å². The van der Waals surface area contributed by atoms with E-state index in [9.17, 15) is 0 Å². The van der Waals surface area contributed by atoms with Gasteiger partial charge in [-0.1, -0.05) is 13.0 Å². The number of aryl methyl sites for hydroxylation is 1. The third-order valence-corrected chi connectivity index (χ3v) is 4.38. The van der Waals surface area contributed by atoms with Crippen molar-refractivity contribution in [2.45, 2.75) is 59.0 Å². The largest absolute Gasteiger partial charge is 0.366 e. The van der Waals surface area contributed by atoms with Crippen molar-refractivity contribution in [3.63, 3.8) is 0 Å². The number of fused-ring (bicyclic) bond motifs is 1. The van der Waals surface area contributed by atoms with Crippen LogP contribution in [0.2, 0.25) is 0 Å². The summed E-state index contributed by atoms with van der Waals surface area (Å²) < 4.78 is 0. The van der Waals surface area contributed by atoms with E-state index in [1.54, 1.807) is 0 Å². The zero-order chi connectivity index (χ0) is 13.5. The van der Waals surface area contributed by atoms with Crippen LogP contribution in [0, 0.1) is 6.92 Å². The van der Waals surface area contributed by atoms with Crippen LogP contribution in [-0.4, -0.2) is 12.1 Å². The summed E-state index contributed by atoms with van der Waals surface area (Å²) in [5.41, 5.74) is 11.6. The van der Waals surface area contributed by atoms with Gasteiger partial charge in [-0.3, -0.25) is 0 Å². The minimum Gasteiger partial charge on any atom is -0.366 e. The van der Waals surface area contributed by atoms with Gasteiger partial charge in [0.1, 0.15) is 0 Å². The minimum absolute atomic E-state index is 0.248. The Hall–Kier alpha value is -1.02. The van der Waals surface area contributed by atoms with E-state index < -0.39 is 0 Å². The molecule has 1 unspecified atom stereocenters. The van der Waals surface area contributed by atoms with Gasteiger partial charge in [0.25, 0.3) is 0 Å². The first-order valence-corrected chi connectivity index (χ1v) is 7.01. The maximum absolute atomic E-state index is 5.84. The van der Waals surface area contributed by atoms with Crippen molar-refractivity contribution in [3.05, 3.63) is 28.8 Å². The van der Waals surface area contributed by atoms with Crippen molar-refractivity contribution in [3.8, 4) is 0 Å². The first-order valence-electron chi connectivity index (χ1n) is 7.01. The quantitative estimate of drug-likeness (QED) is 0.864. The molecule has 0 fully saturated rings. The summed E-state index contributed by atoms with van der Waals surface area (Å²) in [6.07, 6.45) is 1.21. The predicted molar refractivity (Wildman–Crippen MR) is 79.2 cm³/mol. The molecule has 2 rings (SSSR count). The molecular weight excluding hydrogens is 220 g/mol. The van der Waals surface area contributed by atoms with E-state index in [4.69, 9.17) is 5.73 Å². The Morgan fingerprint density at radius 2 is 2.06 bits per heavy atom. The van der Waals surface area contributed by atoms with Gasteiger partial charge in [0, 0.05) is 24.3 Å². The van der Waals surface area contributed by atoms with Gasteiger partial charge in [0.15, 0.2) is 0 Å². The van der Waals surface area contributed by atoms with Gasteiger partial charge >= 0.3 is 0 Å².